The van der Waals surface area contributed by atoms with Gasteiger partial charge in [0.05, 0.1) is 18.4 Å². The summed E-state index contributed by atoms with van der Waals surface area (Å²) in [5.74, 6) is 0. The first kappa shape index (κ1) is 16.5. The molecule has 1 aromatic heterocycles. The Kier molecular flexibility index (Phi) is 6.23. The number of likely N-dealkylation sites (N-methyl/N-ethyl adjacent to an activating group) is 1. The third kappa shape index (κ3) is 4.81. The molecule has 21 heavy (non-hydrogen) atoms. The van der Waals surface area contributed by atoms with Gasteiger partial charge in [0, 0.05) is 12.6 Å². The molecule has 2 rings (SSSR count). The second-order valence-electron chi connectivity index (χ2n) is 6.04. The molecule has 0 bridgehead atoms. The minimum absolute atomic E-state index is 0.0597. The molecule has 0 radical (unpaired) electrons. The predicted molar refractivity (Wildman–Crippen MR) is 89.9 cm³/mol. The molecular formula is C15H25BrN4O. The molecule has 1 heterocycles. The maximum absolute atomic E-state index is 12.3. The minimum Gasteiger partial charge on any atom is -0.380 e. The van der Waals surface area contributed by atoms with Gasteiger partial charge in [-0.05, 0) is 42.9 Å². The predicted octanol–water partition coefficient (Wildman–Crippen LogP) is 2.70. The highest BCUT2D eigenvalue weighted by atomic mass is 79.9. The summed E-state index contributed by atoms with van der Waals surface area (Å²) in [6.07, 6.45) is 9.30. The van der Waals surface area contributed by atoms with Gasteiger partial charge < -0.3 is 10.2 Å². The van der Waals surface area contributed by atoms with Crippen LogP contribution in [-0.4, -0.2) is 41.4 Å². The second kappa shape index (κ2) is 7.94. The van der Waals surface area contributed by atoms with Gasteiger partial charge in [-0.15, -0.1) is 0 Å². The van der Waals surface area contributed by atoms with E-state index in [0.717, 1.165) is 12.2 Å². The first-order chi connectivity index (χ1) is 10.1. The molecule has 0 amide bonds. The molecule has 0 spiro atoms. The van der Waals surface area contributed by atoms with E-state index in [-0.39, 0.29) is 5.56 Å². The van der Waals surface area contributed by atoms with Crippen LogP contribution in [0.2, 0.25) is 0 Å². The van der Waals surface area contributed by atoms with Crippen molar-refractivity contribution in [3.05, 3.63) is 21.0 Å². The van der Waals surface area contributed by atoms with Crippen molar-refractivity contribution in [2.24, 2.45) is 0 Å². The van der Waals surface area contributed by atoms with Gasteiger partial charge in [-0.2, -0.15) is 5.10 Å². The third-order valence-electron chi connectivity index (χ3n) is 3.96. The van der Waals surface area contributed by atoms with Crippen LogP contribution in [0.25, 0.3) is 0 Å². The molecule has 5 nitrogen and oxygen atoms in total. The lowest BCUT2D eigenvalue weighted by molar-refractivity contribution is 0.367. The van der Waals surface area contributed by atoms with E-state index in [0.29, 0.717) is 17.1 Å². The molecule has 0 saturated heterocycles. The molecule has 1 saturated carbocycles. The van der Waals surface area contributed by atoms with Gasteiger partial charge >= 0.3 is 0 Å². The number of hydrogen-bond acceptors (Lipinski definition) is 4. The number of halogens is 1. The minimum atomic E-state index is -0.0597. The van der Waals surface area contributed by atoms with Crippen molar-refractivity contribution in [2.45, 2.75) is 51.1 Å². The Morgan fingerprint density at radius 2 is 2.00 bits per heavy atom. The summed E-state index contributed by atoms with van der Waals surface area (Å²) in [6, 6.07) is 0.461. The van der Waals surface area contributed by atoms with Gasteiger partial charge in [0.1, 0.15) is 4.47 Å². The Morgan fingerprint density at radius 1 is 1.33 bits per heavy atom. The summed E-state index contributed by atoms with van der Waals surface area (Å²) in [4.78, 5) is 14.3. The lowest BCUT2D eigenvalue weighted by atomic mass is 10.1. The van der Waals surface area contributed by atoms with Crippen LogP contribution in [-0.2, 0) is 6.54 Å². The first-order valence-electron chi connectivity index (χ1n) is 7.75. The summed E-state index contributed by atoms with van der Waals surface area (Å²) in [5, 5.41) is 7.77. The molecular weight excluding hydrogens is 332 g/mol. The molecule has 1 aliphatic carbocycles. The molecule has 0 aliphatic heterocycles. The Bertz CT molecular complexity index is 507. The fourth-order valence-corrected chi connectivity index (χ4v) is 3.08. The highest BCUT2D eigenvalue weighted by Crippen LogP contribution is 2.23. The second-order valence-corrected chi connectivity index (χ2v) is 6.83. The van der Waals surface area contributed by atoms with Crippen LogP contribution in [0, 0.1) is 0 Å². The average molecular weight is 357 g/mol. The topological polar surface area (TPSA) is 50.2 Å². The van der Waals surface area contributed by atoms with E-state index in [9.17, 15) is 4.79 Å². The van der Waals surface area contributed by atoms with Crippen molar-refractivity contribution in [1.29, 1.82) is 0 Å². The van der Waals surface area contributed by atoms with E-state index in [2.05, 4.69) is 26.3 Å². The van der Waals surface area contributed by atoms with E-state index in [1.807, 2.05) is 19.0 Å². The lowest BCUT2D eigenvalue weighted by Gasteiger charge is -2.19. The van der Waals surface area contributed by atoms with E-state index in [4.69, 9.17) is 0 Å². The molecule has 1 fully saturated rings. The fraction of sp³-hybridized carbons (Fsp3) is 0.733. The molecule has 118 valence electrons. The molecule has 1 aromatic rings. The van der Waals surface area contributed by atoms with Crippen LogP contribution in [0.4, 0.5) is 5.69 Å². The zero-order valence-corrected chi connectivity index (χ0v) is 14.5. The van der Waals surface area contributed by atoms with Crippen molar-refractivity contribution in [3.63, 3.8) is 0 Å². The fourth-order valence-electron chi connectivity index (χ4n) is 2.66. The number of aromatic nitrogens is 2. The van der Waals surface area contributed by atoms with E-state index in [1.165, 1.54) is 43.2 Å². The van der Waals surface area contributed by atoms with Gasteiger partial charge in [0.25, 0.3) is 5.56 Å². The Hall–Kier alpha value is -0.880. The summed E-state index contributed by atoms with van der Waals surface area (Å²) < 4.78 is 2.11. The normalized spacial score (nSPS) is 17.0. The lowest BCUT2D eigenvalue weighted by Crippen LogP contribution is -2.30. The molecule has 0 atom stereocenters. The third-order valence-corrected chi connectivity index (χ3v) is 4.73. The maximum atomic E-state index is 12.3. The van der Waals surface area contributed by atoms with Crippen molar-refractivity contribution < 1.29 is 0 Å². The number of nitrogens with zero attached hydrogens (tertiary/aromatic N) is 3. The summed E-state index contributed by atoms with van der Waals surface area (Å²) in [5.41, 5.74) is 0.767. The van der Waals surface area contributed by atoms with Crippen LogP contribution < -0.4 is 10.9 Å². The SMILES string of the molecule is CN(C)CCn1ncc(NC2CCCCCC2)c(Br)c1=O. The van der Waals surface area contributed by atoms with Gasteiger partial charge in [0.15, 0.2) is 0 Å². The number of hydrogen-bond donors (Lipinski definition) is 1. The largest absolute Gasteiger partial charge is 0.380 e. The molecule has 0 aromatic carbocycles. The standard InChI is InChI=1S/C15H25BrN4O/c1-19(2)9-10-20-15(21)14(16)13(11-17-20)18-12-7-5-3-4-6-8-12/h11-12,18H,3-10H2,1-2H3. The van der Waals surface area contributed by atoms with Crippen LogP contribution in [0.5, 0.6) is 0 Å². The van der Waals surface area contributed by atoms with Gasteiger partial charge in [-0.3, -0.25) is 4.79 Å². The Balaban J connectivity index is 2.07. The number of anilines is 1. The summed E-state index contributed by atoms with van der Waals surface area (Å²) in [7, 11) is 3.98. The zero-order valence-electron chi connectivity index (χ0n) is 12.9. The summed E-state index contributed by atoms with van der Waals surface area (Å²) in [6.45, 7) is 1.41. The van der Waals surface area contributed by atoms with Crippen molar-refractivity contribution in [1.82, 2.24) is 14.7 Å². The molecule has 1 N–H and O–H groups in total. The molecule has 6 heteroatoms. The Labute approximate surface area is 134 Å². The average Bonchev–Trinajstić information content (AvgIpc) is 2.71. The number of nitrogens with one attached hydrogen (secondary N) is 1. The highest BCUT2D eigenvalue weighted by Gasteiger charge is 2.15. The zero-order chi connectivity index (χ0) is 15.2. The van der Waals surface area contributed by atoms with Gasteiger partial charge in [0.2, 0.25) is 0 Å². The van der Waals surface area contributed by atoms with Crippen LogP contribution >= 0.6 is 15.9 Å². The Morgan fingerprint density at radius 3 is 2.62 bits per heavy atom. The monoisotopic (exact) mass is 356 g/mol. The van der Waals surface area contributed by atoms with E-state index < -0.39 is 0 Å². The van der Waals surface area contributed by atoms with E-state index in [1.54, 1.807) is 6.20 Å². The van der Waals surface area contributed by atoms with Crippen LogP contribution in [0.15, 0.2) is 15.5 Å². The van der Waals surface area contributed by atoms with Crippen LogP contribution in [0.3, 0.4) is 0 Å². The van der Waals surface area contributed by atoms with Crippen LogP contribution in [0.1, 0.15) is 38.5 Å². The van der Waals surface area contributed by atoms with Gasteiger partial charge in [-0.1, -0.05) is 25.7 Å². The smallest absolute Gasteiger partial charge is 0.283 e. The van der Waals surface area contributed by atoms with Crippen molar-refractivity contribution >= 4 is 21.6 Å². The summed E-state index contributed by atoms with van der Waals surface area (Å²) >= 11 is 3.43. The van der Waals surface area contributed by atoms with E-state index >= 15 is 0 Å². The maximum Gasteiger partial charge on any atom is 0.283 e. The number of rotatable bonds is 5. The molecule has 1 aliphatic rings. The molecule has 0 unspecified atom stereocenters. The van der Waals surface area contributed by atoms with Crippen molar-refractivity contribution in [2.75, 3.05) is 26.0 Å². The van der Waals surface area contributed by atoms with Gasteiger partial charge in [-0.25, -0.2) is 4.68 Å². The van der Waals surface area contributed by atoms with Crippen molar-refractivity contribution in [3.8, 4) is 0 Å². The highest BCUT2D eigenvalue weighted by molar-refractivity contribution is 9.10. The first-order valence-corrected chi connectivity index (χ1v) is 8.54. The quantitative estimate of drug-likeness (QED) is 0.824.